The maximum atomic E-state index is 8.52. The summed E-state index contributed by atoms with van der Waals surface area (Å²) in [5.74, 6) is 0. The zero-order valence-corrected chi connectivity index (χ0v) is 5.45. The minimum atomic E-state index is -5.17. The maximum absolute atomic E-state index is 8.52. The maximum Gasteiger partial charge on any atom is 0.0311 e. The van der Waals surface area contributed by atoms with Crippen LogP contribution in [0.5, 0.6) is 0 Å². The van der Waals surface area contributed by atoms with Crippen LogP contribution < -0.4 is 12.4 Å². The van der Waals surface area contributed by atoms with Crippen LogP contribution in [-0.4, -0.2) is 17.5 Å². The average molecular weight is 187 g/mol. The van der Waals surface area contributed by atoms with Crippen molar-refractivity contribution in [2.75, 3.05) is 0 Å². The Morgan fingerprint density at radius 2 is 1.14 bits per heavy atom. The smallest absolute Gasteiger partial charge is 0.0311 e. The Kier molecular flexibility index (Phi) is 10.8. The number of rotatable bonds is 0. The van der Waals surface area contributed by atoms with Crippen LogP contribution in [0, 0.1) is 0 Å². The third-order valence-electron chi connectivity index (χ3n) is 0. The Hall–Kier alpha value is 0.679. The first kappa shape index (κ1) is 15.6. The van der Waals surface area contributed by atoms with E-state index in [2.05, 4.69) is 0 Å². The monoisotopic (exact) mass is 187 g/mol. The average Bonchev–Trinajstić information content (AvgIpc) is 0.722. The number of hydrogen-bond acceptors (Lipinski definition) is 4. The molecule has 0 saturated carbocycles. The van der Waals surface area contributed by atoms with Crippen molar-refractivity contribution >= 4 is 10.4 Å². The van der Waals surface area contributed by atoms with Crippen LogP contribution in [0.25, 0.3) is 0 Å². The van der Waals surface area contributed by atoms with Gasteiger partial charge < -0.3 is 21.5 Å². The van der Waals surface area contributed by atoms with Crippen molar-refractivity contribution in [3.8, 4) is 0 Å². The molecule has 7 heteroatoms. The van der Waals surface area contributed by atoms with E-state index in [1.54, 1.807) is 0 Å². The van der Waals surface area contributed by atoms with Gasteiger partial charge in [-0.25, -0.2) is 0 Å². The summed E-state index contributed by atoms with van der Waals surface area (Å²) in [4.78, 5) is 0. The first-order valence-electron chi connectivity index (χ1n) is 0.667. The van der Waals surface area contributed by atoms with Crippen LogP contribution in [0.3, 0.4) is 0 Å². The van der Waals surface area contributed by atoms with Gasteiger partial charge in [0.2, 0.25) is 0 Å². The summed E-state index contributed by atoms with van der Waals surface area (Å²) in [6.45, 7) is 0. The summed E-state index contributed by atoms with van der Waals surface area (Å²) in [5, 5.41) is 0. The molecule has 0 atom stereocenters. The third kappa shape index (κ3) is 317. The Balaban J connectivity index is -0.0000000800. The molecule has 0 heterocycles. The largest absolute Gasteiger partial charge is 1.00 e. The minimum Gasteiger partial charge on any atom is -1.00 e. The molecule has 0 N–H and O–H groups in total. The first-order valence-corrected chi connectivity index (χ1v) is 2.00. The van der Waals surface area contributed by atoms with Crippen molar-refractivity contribution < 1.29 is 47.0 Å². The molecule has 0 rings (SSSR count). The molecular weight excluding hydrogens is 187 g/mol. The Bertz CT molecular complexity index is 94.9. The van der Waals surface area contributed by atoms with E-state index in [4.69, 9.17) is 17.5 Å². The third-order valence-corrected chi connectivity index (χ3v) is 0. The zero-order chi connectivity index (χ0) is 4.50. The SMILES string of the molecule is O=S(=O)([O-])[O-].[Cl-].[Fe]. The van der Waals surface area contributed by atoms with Crippen LogP contribution in [-0.2, 0) is 27.5 Å². The molecule has 0 spiro atoms. The van der Waals surface area contributed by atoms with E-state index in [-0.39, 0.29) is 29.5 Å². The van der Waals surface area contributed by atoms with Crippen molar-refractivity contribution in [2.24, 2.45) is 0 Å². The summed E-state index contributed by atoms with van der Waals surface area (Å²) >= 11 is 0. The summed E-state index contributed by atoms with van der Waals surface area (Å²) < 4.78 is 34.1. The Morgan fingerprint density at radius 3 is 1.14 bits per heavy atom. The molecule has 0 aliphatic heterocycles. The Morgan fingerprint density at radius 1 is 1.14 bits per heavy atom. The molecule has 48 valence electrons. The predicted molar refractivity (Wildman–Crippen MR) is 10.5 cm³/mol. The van der Waals surface area contributed by atoms with E-state index in [9.17, 15) is 0 Å². The molecule has 0 amide bonds. The molecule has 0 aliphatic carbocycles. The van der Waals surface area contributed by atoms with Crippen LogP contribution in [0.2, 0.25) is 0 Å². The molecular formula is ClFeO4S-3. The van der Waals surface area contributed by atoms with Gasteiger partial charge in [0.15, 0.2) is 0 Å². The molecule has 7 heavy (non-hydrogen) atoms. The molecule has 0 aromatic carbocycles. The second kappa shape index (κ2) is 4.83. The van der Waals surface area contributed by atoms with Crippen molar-refractivity contribution in [1.29, 1.82) is 0 Å². The van der Waals surface area contributed by atoms with Gasteiger partial charge in [0.25, 0.3) is 0 Å². The number of hydrogen-bond donors (Lipinski definition) is 0. The second-order valence-electron chi connectivity index (χ2n) is 0.408. The van der Waals surface area contributed by atoms with Gasteiger partial charge in [0, 0.05) is 27.5 Å². The van der Waals surface area contributed by atoms with E-state index >= 15 is 0 Å². The van der Waals surface area contributed by atoms with Gasteiger partial charge in [0.1, 0.15) is 0 Å². The molecule has 0 unspecified atom stereocenters. The van der Waals surface area contributed by atoms with Crippen LogP contribution >= 0.6 is 0 Å². The van der Waals surface area contributed by atoms with Gasteiger partial charge in [-0.2, -0.15) is 0 Å². The van der Waals surface area contributed by atoms with Gasteiger partial charge in [-0.3, -0.25) is 8.42 Å². The molecule has 0 aromatic heterocycles. The molecule has 4 nitrogen and oxygen atoms in total. The minimum absolute atomic E-state index is 0. The fraction of sp³-hybridized carbons (Fsp3) is 0. The van der Waals surface area contributed by atoms with E-state index in [1.165, 1.54) is 0 Å². The van der Waals surface area contributed by atoms with E-state index in [0.717, 1.165) is 0 Å². The second-order valence-corrected chi connectivity index (χ2v) is 1.22. The first-order chi connectivity index (χ1) is 2.00. The van der Waals surface area contributed by atoms with Crippen molar-refractivity contribution in [2.45, 2.75) is 0 Å². The molecule has 0 saturated heterocycles. The van der Waals surface area contributed by atoms with Crippen molar-refractivity contribution in [3.05, 3.63) is 0 Å². The fourth-order valence-electron chi connectivity index (χ4n) is 0. The zero-order valence-electron chi connectivity index (χ0n) is 2.77. The van der Waals surface area contributed by atoms with Crippen LogP contribution in [0.1, 0.15) is 0 Å². The quantitative estimate of drug-likeness (QED) is 0.218. The van der Waals surface area contributed by atoms with Gasteiger partial charge >= 0.3 is 0 Å². The summed E-state index contributed by atoms with van der Waals surface area (Å²) in [7, 11) is -5.17. The van der Waals surface area contributed by atoms with Gasteiger partial charge in [-0.05, 0) is 0 Å². The van der Waals surface area contributed by atoms with Crippen molar-refractivity contribution in [3.63, 3.8) is 0 Å². The number of halogens is 1. The molecule has 0 radical (unpaired) electrons. The molecule has 0 aliphatic rings. The van der Waals surface area contributed by atoms with Gasteiger partial charge in [-0.15, -0.1) is 0 Å². The summed E-state index contributed by atoms with van der Waals surface area (Å²) in [6.07, 6.45) is 0. The van der Waals surface area contributed by atoms with Crippen LogP contribution in [0.4, 0.5) is 0 Å². The standard InChI is InChI=1S/ClH.Fe.H2O4S/c;;1-5(2,3)4/h1H;;(H2,1,2,3,4)/p-3. The normalized spacial score (nSPS) is 8.29. The predicted octanol–water partition coefficient (Wildman–Crippen LogP) is -4.34. The molecule has 0 bridgehead atoms. The molecule has 0 fully saturated rings. The topological polar surface area (TPSA) is 80.3 Å². The fourth-order valence-corrected chi connectivity index (χ4v) is 0. The Labute approximate surface area is 57.8 Å². The van der Waals surface area contributed by atoms with E-state index in [1.807, 2.05) is 0 Å². The van der Waals surface area contributed by atoms with Crippen molar-refractivity contribution in [1.82, 2.24) is 0 Å². The molecule has 0 aromatic rings. The summed E-state index contributed by atoms with van der Waals surface area (Å²) in [5.41, 5.74) is 0. The van der Waals surface area contributed by atoms with Gasteiger partial charge in [-0.1, -0.05) is 0 Å². The van der Waals surface area contributed by atoms with E-state index < -0.39 is 10.4 Å². The van der Waals surface area contributed by atoms with E-state index in [0.29, 0.717) is 0 Å². The van der Waals surface area contributed by atoms with Crippen LogP contribution in [0.15, 0.2) is 0 Å². The summed E-state index contributed by atoms with van der Waals surface area (Å²) in [6, 6.07) is 0. The van der Waals surface area contributed by atoms with Gasteiger partial charge in [0.05, 0.1) is 0 Å².